The van der Waals surface area contributed by atoms with Gasteiger partial charge in [0.2, 0.25) is 15.9 Å². The van der Waals surface area contributed by atoms with Gasteiger partial charge in [-0.05, 0) is 31.5 Å². The lowest BCUT2D eigenvalue weighted by molar-refractivity contribution is -0.129. The summed E-state index contributed by atoms with van der Waals surface area (Å²) >= 11 is 0. The molecule has 0 aliphatic carbocycles. The SMILES string of the molecule is CCCC#Cc1ccc2c(c1)O[C@H](CN(C)C(C)=O)[C@H](C)CN([C@@H](C)CO)S2(=O)=O. The Bertz CT molecular complexity index is 919. The van der Waals surface area contributed by atoms with E-state index in [0.29, 0.717) is 12.1 Å². The van der Waals surface area contributed by atoms with Gasteiger partial charge >= 0.3 is 0 Å². The van der Waals surface area contributed by atoms with Crippen LogP contribution in [0.25, 0.3) is 0 Å². The van der Waals surface area contributed by atoms with Crippen molar-refractivity contribution in [3.05, 3.63) is 23.8 Å². The number of benzene rings is 1. The van der Waals surface area contributed by atoms with Gasteiger partial charge in [-0.3, -0.25) is 4.79 Å². The molecule has 0 spiro atoms. The molecule has 1 N–H and O–H groups in total. The van der Waals surface area contributed by atoms with Gasteiger partial charge in [0.1, 0.15) is 16.7 Å². The summed E-state index contributed by atoms with van der Waals surface area (Å²) in [4.78, 5) is 13.4. The molecule has 1 amide bonds. The number of unbranched alkanes of at least 4 members (excludes halogenated alkanes) is 1. The molecule has 1 aromatic carbocycles. The maximum Gasteiger partial charge on any atom is 0.247 e. The normalized spacial score (nSPS) is 21.8. The molecule has 166 valence electrons. The van der Waals surface area contributed by atoms with Crippen LogP contribution in [-0.4, -0.2) is 67.5 Å². The lowest BCUT2D eigenvalue weighted by Gasteiger charge is -2.37. The lowest BCUT2D eigenvalue weighted by Crippen LogP contribution is -2.50. The van der Waals surface area contributed by atoms with Crippen LogP contribution in [0, 0.1) is 17.8 Å². The minimum Gasteiger partial charge on any atom is -0.487 e. The van der Waals surface area contributed by atoms with Gasteiger partial charge in [0.25, 0.3) is 0 Å². The number of fused-ring (bicyclic) bond motifs is 1. The summed E-state index contributed by atoms with van der Waals surface area (Å²) in [7, 11) is -2.19. The standard InChI is InChI=1S/C22H32N2O5S/c1-6-7-8-9-19-10-11-22-20(12-19)29-21(14-23(5)18(4)26)16(2)13-24(17(3)15-25)30(22,27)28/h10-12,16-17,21,25H,6-7,13-15H2,1-5H3/t16-,17+,21-/m1/s1. The Balaban J connectivity index is 2.57. The van der Waals surface area contributed by atoms with Crippen LogP contribution < -0.4 is 4.74 Å². The zero-order chi connectivity index (χ0) is 22.5. The Labute approximate surface area is 180 Å². The number of aliphatic hydroxyl groups is 1. The van der Waals surface area contributed by atoms with Crippen molar-refractivity contribution in [2.24, 2.45) is 5.92 Å². The Morgan fingerprint density at radius 2 is 2.13 bits per heavy atom. The topological polar surface area (TPSA) is 87.2 Å². The fraction of sp³-hybridized carbons (Fsp3) is 0.591. The van der Waals surface area contributed by atoms with Gasteiger partial charge in [-0.2, -0.15) is 4.31 Å². The molecule has 3 atom stereocenters. The van der Waals surface area contributed by atoms with Crippen LogP contribution in [-0.2, 0) is 14.8 Å². The number of likely N-dealkylation sites (N-methyl/N-ethyl adjacent to an activating group) is 1. The van der Waals surface area contributed by atoms with Crippen LogP contribution in [0.4, 0.5) is 0 Å². The van der Waals surface area contributed by atoms with Gasteiger partial charge in [0, 0.05) is 44.5 Å². The molecule has 1 aromatic rings. The zero-order valence-electron chi connectivity index (χ0n) is 18.4. The highest BCUT2D eigenvalue weighted by Crippen LogP contribution is 2.34. The summed E-state index contributed by atoms with van der Waals surface area (Å²) in [6, 6.07) is 4.25. The van der Waals surface area contributed by atoms with Gasteiger partial charge in [-0.25, -0.2) is 8.42 Å². The molecule has 2 rings (SSSR count). The third kappa shape index (κ3) is 5.54. The van der Waals surface area contributed by atoms with Gasteiger partial charge in [0.05, 0.1) is 13.2 Å². The molecule has 0 saturated heterocycles. The van der Waals surface area contributed by atoms with Crippen LogP contribution in [0.1, 0.15) is 46.1 Å². The number of carbonyl (C=O) groups is 1. The summed E-state index contributed by atoms with van der Waals surface area (Å²) in [5, 5.41) is 9.66. The Morgan fingerprint density at radius 3 is 2.73 bits per heavy atom. The van der Waals surface area contributed by atoms with E-state index >= 15 is 0 Å². The predicted molar refractivity (Wildman–Crippen MR) is 116 cm³/mol. The van der Waals surface area contributed by atoms with E-state index in [1.807, 2.05) is 13.8 Å². The van der Waals surface area contributed by atoms with Gasteiger partial charge in [-0.1, -0.05) is 25.7 Å². The number of sulfonamides is 1. The second-order valence-electron chi connectivity index (χ2n) is 7.85. The molecule has 7 nitrogen and oxygen atoms in total. The number of nitrogens with zero attached hydrogens (tertiary/aromatic N) is 2. The van der Waals surface area contributed by atoms with Gasteiger partial charge in [-0.15, -0.1) is 0 Å². The van der Waals surface area contributed by atoms with E-state index in [4.69, 9.17) is 4.74 Å². The number of hydrogen-bond acceptors (Lipinski definition) is 5. The molecule has 0 unspecified atom stereocenters. The lowest BCUT2D eigenvalue weighted by atomic mass is 10.0. The van der Waals surface area contributed by atoms with Crippen LogP contribution in [0.15, 0.2) is 23.1 Å². The largest absolute Gasteiger partial charge is 0.487 e. The van der Waals surface area contributed by atoms with Crippen molar-refractivity contribution in [2.75, 3.05) is 26.7 Å². The monoisotopic (exact) mass is 436 g/mol. The summed E-state index contributed by atoms with van der Waals surface area (Å²) in [5.74, 6) is 6.02. The quantitative estimate of drug-likeness (QED) is 0.714. The van der Waals surface area contributed by atoms with E-state index in [-0.39, 0.29) is 35.6 Å². The Kier molecular flexibility index (Phi) is 8.30. The van der Waals surface area contributed by atoms with Gasteiger partial charge < -0.3 is 14.7 Å². The minimum atomic E-state index is -3.88. The molecule has 0 fully saturated rings. The number of carbonyl (C=O) groups excluding carboxylic acids is 1. The fourth-order valence-corrected chi connectivity index (χ4v) is 5.04. The van der Waals surface area contributed by atoms with Crippen molar-refractivity contribution in [1.29, 1.82) is 0 Å². The van der Waals surface area contributed by atoms with Crippen molar-refractivity contribution in [3.63, 3.8) is 0 Å². The van der Waals surface area contributed by atoms with Crippen LogP contribution in [0.5, 0.6) is 5.75 Å². The minimum absolute atomic E-state index is 0.0474. The molecule has 8 heteroatoms. The van der Waals surface area contributed by atoms with Crippen LogP contribution >= 0.6 is 0 Å². The van der Waals surface area contributed by atoms with Crippen molar-refractivity contribution in [1.82, 2.24) is 9.21 Å². The number of ether oxygens (including phenoxy) is 1. The first-order valence-corrected chi connectivity index (χ1v) is 11.7. The molecular formula is C22H32N2O5S. The molecular weight excluding hydrogens is 404 g/mol. The van der Waals surface area contributed by atoms with Crippen LogP contribution in [0.3, 0.4) is 0 Å². The summed E-state index contributed by atoms with van der Waals surface area (Å²) in [6.45, 7) is 7.30. The highest BCUT2D eigenvalue weighted by Gasteiger charge is 2.38. The fourth-order valence-electron chi connectivity index (χ4n) is 3.21. The van der Waals surface area contributed by atoms with Gasteiger partial charge in [0.15, 0.2) is 0 Å². The first kappa shape index (κ1) is 24.2. The van der Waals surface area contributed by atoms with Crippen molar-refractivity contribution >= 4 is 15.9 Å². The van der Waals surface area contributed by atoms with Crippen LogP contribution in [0.2, 0.25) is 0 Å². The van der Waals surface area contributed by atoms with Crippen molar-refractivity contribution in [3.8, 4) is 17.6 Å². The molecule has 0 bridgehead atoms. The molecule has 0 radical (unpaired) electrons. The average Bonchev–Trinajstić information content (AvgIpc) is 2.70. The van der Waals surface area contributed by atoms with E-state index in [2.05, 4.69) is 11.8 Å². The molecule has 0 aromatic heterocycles. The maximum absolute atomic E-state index is 13.4. The maximum atomic E-state index is 13.4. The number of hydrogen-bond donors (Lipinski definition) is 1. The first-order valence-electron chi connectivity index (χ1n) is 10.3. The second-order valence-corrected chi connectivity index (χ2v) is 9.71. The highest BCUT2D eigenvalue weighted by atomic mass is 32.2. The number of aliphatic hydroxyl groups excluding tert-OH is 1. The molecule has 1 aliphatic heterocycles. The smallest absolute Gasteiger partial charge is 0.247 e. The van der Waals surface area contributed by atoms with Crippen molar-refractivity contribution < 1.29 is 23.1 Å². The number of rotatable bonds is 5. The molecule has 0 saturated carbocycles. The predicted octanol–water partition coefficient (Wildman–Crippen LogP) is 2.09. The Morgan fingerprint density at radius 1 is 1.43 bits per heavy atom. The summed E-state index contributed by atoms with van der Waals surface area (Å²) < 4.78 is 34.2. The molecule has 1 aliphatic rings. The zero-order valence-corrected chi connectivity index (χ0v) is 19.2. The third-order valence-corrected chi connectivity index (χ3v) is 7.29. The first-order chi connectivity index (χ1) is 14.1. The molecule has 30 heavy (non-hydrogen) atoms. The Hall–Kier alpha value is -2.08. The van der Waals surface area contributed by atoms with Crippen molar-refractivity contribution in [2.45, 2.75) is 57.6 Å². The van der Waals surface area contributed by atoms with E-state index in [0.717, 1.165) is 12.8 Å². The van der Waals surface area contributed by atoms with E-state index in [1.54, 1.807) is 31.0 Å². The highest BCUT2D eigenvalue weighted by molar-refractivity contribution is 7.89. The average molecular weight is 437 g/mol. The summed E-state index contributed by atoms with van der Waals surface area (Å²) in [5.41, 5.74) is 0.672. The van der Waals surface area contributed by atoms with E-state index in [9.17, 15) is 18.3 Å². The summed E-state index contributed by atoms with van der Waals surface area (Å²) in [6.07, 6.45) is 1.27. The second kappa shape index (κ2) is 10.3. The van der Waals surface area contributed by atoms with E-state index < -0.39 is 22.2 Å². The number of amides is 1. The third-order valence-electron chi connectivity index (χ3n) is 5.27. The molecule has 1 heterocycles. The van der Waals surface area contributed by atoms with E-state index in [1.165, 1.54) is 17.3 Å².